The zero-order valence-corrected chi connectivity index (χ0v) is 13.2. The molecule has 0 atom stereocenters. The first-order valence-corrected chi connectivity index (χ1v) is 8.32. The summed E-state index contributed by atoms with van der Waals surface area (Å²) in [4.78, 5) is 4.83. The van der Waals surface area contributed by atoms with Crippen LogP contribution in [0.2, 0.25) is 0 Å². The molecular weight excluding hydrogens is 298 g/mol. The van der Waals surface area contributed by atoms with Crippen molar-refractivity contribution < 1.29 is 0 Å². The molecular formula is C19H17N5. The number of fused-ring (bicyclic) bond motifs is 3. The molecule has 0 unspecified atom stereocenters. The highest BCUT2D eigenvalue weighted by atomic mass is 15.3. The van der Waals surface area contributed by atoms with Gasteiger partial charge >= 0.3 is 0 Å². The van der Waals surface area contributed by atoms with Crippen LogP contribution in [0.1, 0.15) is 30.1 Å². The Labute approximate surface area is 139 Å². The predicted octanol–water partition coefficient (Wildman–Crippen LogP) is 3.77. The van der Waals surface area contributed by atoms with Crippen molar-refractivity contribution in [2.75, 3.05) is 5.32 Å². The molecule has 5 heteroatoms. The molecule has 0 saturated heterocycles. The molecule has 5 nitrogen and oxygen atoms in total. The molecule has 0 spiro atoms. The fourth-order valence-electron chi connectivity index (χ4n) is 3.11. The first-order chi connectivity index (χ1) is 11.9. The normalized spacial score (nSPS) is 14.3. The number of hydrogen-bond donors (Lipinski definition) is 1. The third-order valence-electron chi connectivity index (χ3n) is 4.51. The van der Waals surface area contributed by atoms with Crippen LogP contribution in [-0.2, 0) is 6.54 Å². The highest BCUT2D eigenvalue weighted by Crippen LogP contribution is 2.40. The monoisotopic (exact) mass is 315 g/mol. The summed E-state index contributed by atoms with van der Waals surface area (Å²) >= 11 is 0. The van der Waals surface area contributed by atoms with Gasteiger partial charge in [-0.25, -0.2) is 9.38 Å². The second-order valence-corrected chi connectivity index (χ2v) is 6.28. The number of aromatic nitrogens is 4. The van der Waals surface area contributed by atoms with Crippen LogP contribution in [0, 0.1) is 0 Å². The molecule has 1 aliphatic carbocycles. The van der Waals surface area contributed by atoms with Gasteiger partial charge in [-0.05, 0) is 30.5 Å². The summed E-state index contributed by atoms with van der Waals surface area (Å²) < 4.78 is 2.10. The summed E-state index contributed by atoms with van der Waals surface area (Å²) in [5.41, 5.74) is 3.05. The molecule has 1 N–H and O–H groups in total. The minimum Gasteiger partial charge on any atom is -0.351 e. The molecule has 1 fully saturated rings. The average Bonchev–Trinajstić information content (AvgIpc) is 3.39. The number of rotatable bonds is 4. The number of hydrogen-bond acceptors (Lipinski definition) is 4. The molecule has 24 heavy (non-hydrogen) atoms. The highest BCUT2D eigenvalue weighted by Gasteiger charge is 2.30. The van der Waals surface area contributed by atoms with Crippen LogP contribution in [0.25, 0.3) is 16.6 Å². The third-order valence-corrected chi connectivity index (χ3v) is 4.51. The van der Waals surface area contributed by atoms with E-state index in [1.165, 1.54) is 18.4 Å². The van der Waals surface area contributed by atoms with Crippen LogP contribution in [0.5, 0.6) is 0 Å². The maximum Gasteiger partial charge on any atom is 0.211 e. The Kier molecular flexibility index (Phi) is 2.98. The Balaban J connectivity index is 1.65. The van der Waals surface area contributed by atoms with E-state index in [9.17, 15) is 0 Å². The van der Waals surface area contributed by atoms with Crippen molar-refractivity contribution in [3.05, 3.63) is 66.0 Å². The highest BCUT2D eigenvalue weighted by molar-refractivity contribution is 5.92. The van der Waals surface area contributed by atoms with Gasteiger partial charge < -0.3 is 5.32 Å². The Bertz CT molecular complexity index is 1020. The molecule has 2 heterocycles. The maximum atomic E-state index is 4.83. The fraction of sp³-hybridized carbons (Fsp3) is 0.211. The van der Waals surface area contributed by atoms with Gasteiger partial charge in [0, 0.05) is 17.8 Å². The molecule has 0 amide bonds. The molecule has 5 rings (SSSR count). The molecule has 4 aromatic rings. The minimum atomic E-state index is 0.514. The van der Waals surface area contributed by atoms with Gasteiger partial charge in [0.05, 0.1) is 5.52 Å². The number of nitrogens with zero attached hydrogens (tertiary/aromatic N) is 4. The average molecular weight is 315 g/mol. The third kappa shape index (κ3) is 2.21. The van der Waals surface area contributed by atoms with Gasteiger partial charge in [-0.15, -0.1) is 10.2 Å². The molecule has 0 bridgehead atoms. The van der Waals surface area contributed by atoms with Crippen molar-refractivity contribution in [3.8, 4) is 0 Å². The van der Waals surface area contributed by atoms with E-state index < -0.39 is 0 Å². The number of anilines is 1. The van der Waals surface area contributed by atoms with E-state index >= 15 is 0 Å². The molecule has 2 aromatic carbocycles. The lowest BCUT2D eigenvalue weighted by molar-refractivity contribution is 0.884. The topological polar surface area (TPSA) is 55.1 Å². The fourth-order valence-corrected chi connectivity index (χ4v) is 3.11. The van der Waals surface area contributed by atoms with E-state index in [0.717, 1.165) is 34.9 Å². The summed E-state index contributed by atoms with van der Waals surface area (Å²) in [5.74, 6) is 2.36. The Hall–Kier alpha value is -2.95. The van der Waals surface area contributed by atoms with Gasteiger partial charge in [-0.2, -0.15) is 0 Å². The largest absolute Gasteiger partial charge is 0.351 e. The maximum absolute atomic E-state index is 4.83. The Morgan fingerprint density at radius 2 is 1.75 bits per heavy atom. The SMILES string of the molecule is c1ccc(CNc2nc3ccccc3c3nnc(C4CC4)n23)cc1. The smallest absolute Gasteiger partial charge is 0.211 e. The van der Waals surface area contributed by atoms with E-state index in [-0.39, 0.29) is 0 Å². The lowest BCUT2D eigenvalue weighted by Crippen LogP contribution is -2.08. The number of benzene rings is 2. The van der Waals surface area contributed by atoms with Crippen molar-refractivity contribution in [1.82, 2.24) is 19.6 Å². The van der Waals surface area contributed by atoms with Gasteiger partial charge in [0.2, 0.25) is 5.95 Å². The van der Waals surface area contributed by atoms with Gasteiger partial charge in [-0.3, -0.25) is 0 Å². The number of para-hydroxylation sites is 1. The minimum absolute atomic E-state index is 0.514. The van der Waals surface area contributed by atoms with E-state index in [0.29, 0.717) is 5.92 Å². The van der Waals surface area contributed by atoms with E-state index in [2.05, 4.69) is 50.2 Å². The van der Waals surface area contributed by atoms with Gasteiger partial charge in [-0.1, -0.05) is 42.5 Å². The van der Waals surface area contributed by atoms with Crippen LogP contribution < -0.4 is 5.32 Å². The van der Waals surface area contributed by atoms with E-state index in [1.807, 2.05) is 24.3 Å². The first kappa shape index (κ1) is 13.5. The van der Waals surface area contributed by atoms with Crippen LogP contribution in [0.4, 0.5) is 5.95 Å². The summed E-state index contributed by atoms with van der Waals surface area (Å²) in [5, 5.41) is 13.4. The summed E-state index contributed by atoms with van der Waals surface area (Å²) in [6.07, 6.45) is 2.37. The van der Waals surface area contributed by atoms with Gasteiger partial charge in [0.25, 0.3) is 0 Å². The Morgan fingerprint density at radius 1 is 0.958 bits per heavy atom. The summed E-state index contributed by atoms with van der Waals surface area (Å²) in [6.45, 7) is 0.726. The van der Waals surface area contributed by atoms with Crippen LogP contribution >= 0.6 is 0 Å². The lowest BCUT2D eigenvalue weighted by atomic mass is 10.2. The molecule has 1 saturated carbocycles. The quantitative estimate of drug-likeness (QED) is 0.623. The van der Waals surface area contributed by atoms with Crippen molar-refractivity contribution >= 4 is 22.5 Å². The lowest BCUT2D eigenvalue weighted by Gasteiger charge is -2.11. The standard InChI is InChI=1S/C19H17N5/c1-2-6-13(7-3-1)12-20-19-21-16-9-5-4-8-15(16)18-23-22-17(24(18)19)14-10-11-14/h1-9,14H,10-12H2,(H,20,21). The van der Waals surface area contributed by atoms with Gasteiger partial charge in [0.15, 0.2) is 5.65 Å². The van der Waals surface area contributed by atoms with E-state index in [1.54, 1.807) is 0 Å². The zero-order chi connectivity index (χ0) is 15.9. The Morgan fingerprint density at radius 3 is 2.58 bits per heavy atom. The molecule has 0 aliphatic heterocycles. The second-order valence-electron chi connectivity index (χ2n) is 6.28. The molecule has 1 aliphatic rings. The van der Waals surface area contributed by atoms with Crippen LogP contribution in [-0.4, -0.2) is 19.6 Å². The van der Waals surface area contributed by atoms with Crippen molar-refractivity contribution in [1.29, 1.82) is 0 Å². The van der Waals surface area contributed by atoms with Crippen molar-refractivity contribution in [3.63, 3.8) is 0 Å². The van der Waals surface area contributed by atoms with Crippen LogP contribution in [0.3, 0.4) is 0 Å². The molecule has 118 valence electrons. The molecule has 0 radical (unpaired) electrons. The first-order valence-electron chi connectivity index (χ1n) is 8.32. The predicted molar refractivity (Wildman–Crippen MR) is 94.0 cm³/mol. The van der Waals surface area contributed by atoms with E-state index in [4.69, 9.17) is 4.98 Å². The summed E-state index contributed by atoms with van der Waals surface area (Å²) in [6, 6.07) is 18.5. The number of nitrogens with one attached hydrogen (secondary N) is 1. The van der Waals surface area contributed by atoms with Crippen molar-refractivity contribution in [2.24, 2.45) is 0 Å². The second kappa shape index (κ2) is 5.30. The van der Waals surface area contributed by atoms with Crippen molar-refractivity contribution in [2.45, 2.75) is 25.3 Å². The summed E-state index contributed by atoms with van der Waals surface area (Å²) in [7, 11) is 0. The zero-order valence-electron chi connectivity index (χ0n) is 13.2. The van der Waals surface area contributed by atoms with Crippen LogP contribution in [0.15, 0.2) is 54.6 Å². The van der Waals surface area contributed by atoms with Gasteiger partial charge in [0.1, 0.15) is 5.82 Å². The molecule has 2 aromatic heterocycles.